The van der Waals surface area contributed by atoms with Gasteiger partial charge in [-0.25, -0.2) is 0 Å². The summed E-state index contributed by atoms with van der Waals surface area (Å²) in [6.45, 7) is 0.376. The highest BCUT2D eigenvalue weighted by atomic mass is 32.1. The van der Waals surface area contributed by atoms with Crippen LogP contribution in [0.3, 0.4) is 0 Å². The second-order valence-electron chi connectivity index (χ2n) is 4.65. The minimum Gasteiger partial charge on any atom is -0.391 e. The number of rotatable bonds is 4. The van der Waals surface area contributed by atoms with Crippen molar-refractivity contribution in [3.63, 3.8) is 0 Å². The van der Waals surface area contributed by atoms with Crippen molar-refractivity contribution in [3.05, 3.63) is 22.4 Å². The number of amides is 1. The molecule has 1 aliphatic carbocycles. The lowest BCUT2D eigenvalue weighted by atomic mass is 9.85. The molecule has 0 radical (unpaired) electrons. The second-order valence-corrected chi connectivity index (χ2v) is 5.60. The maximum atomic E-state index is 11.7. The van der Waals surface area contributed by atoms with Crippen LogP contribution in [0.15, 0.2) is 17.5 Å². The Hall–Kier alpha value is -0.870. The first-order valence-corrected chi connectivity index (χ1v) is 7.15. The Bertz CT molecular complexity index is 344. The van der Waals surface area contributed by atoms with Crippen LogP contribution >= 0.6 is 11.3 Å². The van der Waals surface area contributed by atoms with Gasteiger partial charge in [-0.15, -0.1) is 11.3 Å². The van der Waals surface area contributed by atoms with Gasteiger partial charge in [0.1, 0.15) is 0 Å². The lowest BCUT2D eigenvalue weighted by Gasteiger charge is -2.26. The first-order valence-electron chi connectivity index (χ1n) is 6.27. The van der Waals surface area contributed by atoms with E-state index in [1.165, 1.54) is 30.6 Å². The summed E-state index contributed by atoms with van der Waals surface area (Å²) in [7, 11) is 0. The molecule has 1 saturated carbocycles. The van der Waals surface area contributed by atoms with Crippen LogP contribution in [0.2, 0.25) is 0 Å². The largest absolute Gasteiger partial charge is 0.391 e. The molecule has 3 nitrogen and oxygen atoms in total. The van der Waals surface area contributed by atoms with E-state index in [-0.39, 0.29) is 12.0 Å². The standard InChI is InChI=1S/C13H19NO2S/c15-11(10-5-2-1-3-6-10)9-14-13(16)12-7-4-8-17-12/h4,7-8,10-11,15H,1-3,5-6,9H2,(H,14,16)/t11-/m0/s1. The van der Waals surface area contributed by atoms with E-state index in [1.807, 2.05) is 11.4 Å². The summed E-state index contributed by atoms with van der Waals surface area (Å²) in [5.74, 6) is 0.294. The molecule has 0 aliphatic heterocycles. The van der Waals surface area contributed by atoms with E-state index in [4.69, 9.17) is 0 Å². The van der Waals surface area contributed by atoms with E-state index in [0.717, 1.165) is 12.8 Å². The van der Waals surface area contributed by atoms with Gasteiger partial charge in [0.15, 0.2) is 0 Å². The van der Waals surface area contributed by atoms with Crippen LogP contribution in [0.5, 0.6) is 0 Å². The molecule has 4 heteroatoms. The van der Waals surface area contributed by atoms with E-state index in [9.17, 15) is 9.90 Å². The third kappa shape index (κ3) is 3.54. The van der Waals surface area contributed by atoms with E-state index in [0.29, 0.717) is 17.3 Å². The van der Waals surface area contributed by atoms with Crippen LogP contribution in [-0.4, -0.2) is 23.7 Å². The first-order chi connectivity index (χ1) is 8.27. The van der Waals surface area contributed by atoms with Gasteiger partial charge in [-0.2, -0.15) is 0 Å². The van der Waals surface area contributed by atoms with Crippen LogP contribution in [0, 0.1) is 5.92 Å². The number of hydrogen-bond acceptors (Lipinski definition) is 3. The molecule has 2 N–H and O–H groups in total. The predicted octanol–water partition coefficient (Wildman–Crippen LogP) is 2.42. The van der Waals surface area contributed by atoms with Gasteiger partial charge in [0, 0.05) is 6.54 Å². The molecule has 1 aromatic heterocycles. The van der Waals surface area contributed by atoms with Crippen LogP contribution < -0.4 is 5.32 Å². The molecular formula is C13H19NO2S. The van der Waals surface area contributed by atoms with E-state index in [2.05, 4.69) is 5.32 Å². The fraction of sp³-hybridized carbons (Fsp3) is 0.615. The summed E-state index contributed by atoms with van der Waals surface area (Å²) in [6, 6.07) is 3.66. The Kier molecular flexibility index (Phi) is 4.57. The smallest absolute Gasteiger partial charge is 0.261 e. The molecule has 94 valence electrons. The van der Waals surface area contributed by atoms with E-state index >= 15 is 0 Å². The molecule has 0 bridgehead atoms. The normalized spacial score (nSPS) is 18.9. The number of aliphatic hydroxyl groups is 1. The summed E-state index contributed by atoms with van der Waals surface area (Å²) in [6.07, 6.45) is 5.50. The lowest BCUT2D eigenvalue weighted by molar-refractivity contribution is 0.0740. The Morgan fingerprint density at radius 1 is 1.47 bits per heavy atom. The molecular weight excluding hydrogens is 234 g/mol. The zero-order valence-corrected chi connectivity index (χ0v) is 10.7. The molecule has 17 heavy (non-hydrogen) atoms. The zero-order chi connectivity index (χ0) is 12.1. The maximum Gasteiger partial charge on any atom is 0.261 e. The van der Waals surface area contributed by atoms with Crippen molar-refractivity contribution >= 4 is 17.2 Å². The topological polar surface area (TPSA) is 49.3 Å². The van der Waals surface area contributed by atoms with Crippen LogP contribution in [-0.2, 0) is 0 Å². The molecule has 0 saturated heterocycles. The summed E-state index contributed by atoms with van der Waals surface area (Å²) in [4.78, 5) is 12.4. The van der Waals surface area contributed by atoms with E-state index in [1.54, 1.807) is 6.07 Å². The molecule has 0 aromatic carbocycles. The average Bonchev–Trinajstić information content (AvgIpc) is 2.90. The second kappa shape index (κ2) is 6.17. The third-order valence-corrected chi connectivity index (χ3v) is 4.28. The highest BCUT2D eigenvalue weighted by molar-refractivity contribution is 7.12. The monoisotopic (exact) mass is 253 g/mol. The Morgan fingerprint density at radius 3 is 2.88 bits per heavy atom. The van der Waals surface area contributed by atoms with Crippen molar-refractivity contribution in [2.75, 3.05) is 6.54 Å². The van der Waals surface area contributed by atoms with E-state index < -0.39 is 0 Å². The summed E-state index contributed by atoms with van der Waals surface area (Å²) in [5.41, 5.74) is 0. The summed E-state index contributed by atoms with van der Waals surface area (Å²) in [5, 5.41) is 14.7. The van der Waals surface area contributed by atoms with Crippen molar-refractivity contribution in [2.45, 2.75) is 38.2 Å². The maximum absolute atomic E-state index is 11.7. The van der Waals surface area contributed by atoms with Gasteiger partial charge in [0.05, 0.1) is 11.0 Å². The van der Waals surface area contributed by atoms with Gasteiger partial charge in [0.25, 0.3) is 5.91 Å². The molecule has 1 aliphatic rings. The molecule has 1 fully saturated rings. The molecule has 0 unspecified atom stereocenters. The average molecular weight is 253 g/mol. The van der Waals surface area contributed by atoms with Gasteiger partial charge in [0.2, 0.25) is 0 Å². The molecule has 1 atom stereocenters. The summed E-state index contributed by atoms with van der Waals surface area (Å²) < 4.78 is 0. The number of carbonyl (C=O) groups excluding carboxylic acids is 1. The Morgan fingerprint density at radius 2 is 2.24 bits per heavy atom. The number of carbonyl (C=O) groups is 1. The summed E-state index contributed by atoms with van der Waals surface area (Å²) >= 11 is 1.42. The van der Waals surface area contributed by atoms with Crippen molar-refractivity contribution in [3.8, 4) is 0 Å². The highest BCUT2D eigenvalue weighted by Gasteiger charge is 2.22. The number of hydrogen-bond donors (Lipinski definition) is 2. The van der Waals surface area contributed by atoms with Crippen molar-refractivity contribution in [2.24, 2.45) is 5.92 Å². The molecule has 2 rings (SSSR count). The fourth-order valence-electron chi connectivity index (χ4n) is 2.38. The predicted molar refractivity (Wildman–Crippen MR) is 69.2 cm³/mol. The highest BCUT2D eigenvalue weighted by Crippen LogP contribution is 2.26. The first kappa shape index (κ1) is 12.6. The van der Waals surface area contributed by atoms with Crippen molar-refractivity contribution < 1.29 is 9.90 Å². The van der Waals surface area contributed by atoms with Gasteiger partial charge < -0.3 is 10.4 Å². The lowest BCUT2D eigenvalue weighted by Crippen LogP contribution is -2.36. The minimum atomic E-state index is -0.390. The van der Waals surface area contributed by atoms with Gasteiger partial charge in [-0.1, -0.05) is 25.3 Å². The quantitative estimate of drug-likeness (QED) is 0.865. The van der Waals surface area contributed by atoms with Gasteiger partial charge >= 0.3 is 0 Å². The number of nitrogens with one attached hydrogen (secondary N) is 1. The Balaban J connectivity index is 1.75. The van der Waals surface area contributed by atoms with Gasteiger partial charge in [-0.05, 0) is 30.2 Å². The molecule has 1 amide bonds. The van der Waals surface area contributed by atoms with Crippen LogP contribution in [0.4, 0.5) is 0 Å². The SMILES string of the molecule is O=C(NC[C@H](O)C1CCCCC1)c1cccs1. The van der Waals surface area contributed by atoms with Crippen molar-refractivity contribution in [1.29, 1.82) is 0 Å². The van der Waals surface area contributed by atoms with Gasteiger partial charge in [-0.3, -0.25) is 4.79 Å². The molecule has 0 spiro atoms. The third-order valence-electron chi connectivity index (χ3n) is 3.41. The van der Waals surface area contributed by atoms with Crippen LogP contribution in [0.25, 0.3) is 0 Å². The molecule has 1 heterocycles. The molecule has 1 aromatic rings. The van der Waals surface area contributed by atoms with Crippen LogP contribution in [0.1, 0.15) is 41.8 Å². The number of thiophene rings is 1. The van der Waals surface area contributed by atoms with Crippen molar-refractivity contribution in [1.82, 2.24) is 5.32 Å². The Labute approximate surface area is 106 Å². The zero-order valence-electron chi connectivity index (χ0n) is 9.89. The minimum absolute atomic E-state index is 0.0742. The fourth-order valence-corrected chi connectivity index (χ4v) is 3.02. The number of aliphatic hydroxyl groups excluding tert-OH is 1.